The molecule has 0 saturated carbocycles. The van der Waals surface area contributed by atoms with Gasteiger partial charge in [0.05, 0.1) is 6.61 Å². The fourth-order valence-corrected chi connectivity index (χ4v) is 2.06. The Morgan fingerprint density at radius 2 is 2.50 bits per heavy atom. The van der Waals surface area contributed by atoms with E-state index in [4.69, 9.17) is 9.84 Å². The lowest BCUT2D eigenvalue weighted by atomic mass is 10.1. The highest BCUT2D eigenvalue weighted by Crippen LogP contribution is 2.29. The minimum atomic E-state index is 0.257. The maximum absolute atomic E-state index is 9.13. The first-order chi connectivity index (χ1) is 7.85. The van der Waals surface area contributed by atoms with Gasteiger partial charge in [-0.2, -0.15) is 0 Å². The number of aromatic nitrogens is 1. The van der Waals surface area contributed by atoms with Gasteiger partial charge in [-0.3, -0.25) is 0 Å². The van der Waals surface area contributed by atoms with E-state index in [-0.39, 0.29) is 6.61 Å². The molecular weight excluding hydrogens is 204 g/mol. The Kier molecular flexibility index (Phi) is 3.62. The van der Waals surface area contributed by atoms with Crippen molar-refractivity contribution in [1.29, 1.82) is 0 Å². The first-order valence-corrected chi connectivity index (χ1v) is 5.78. The molecule has 2 rings (SSSR count). The summed E-state index contributed by atoms with van der Waals surface area (Å²) in [5.41, 5.74) is 0. The van der Waals surface area contributed by atoms with E-state index in [2.05, 4.69) is 9.88 Å². The molecule has 88 valence electrons. The number of aliphatic hydroxyl groups excluding tert-OH is 1. The molecule has 0 bridgehead atoms. The van der Waals surface area contributed by atoms with Gasteiger partial charge in [0.1, 0.15) is 0 Å². The van der Waals surface area contributed by atoms with Gasteiger partial charge in [0.2, 0.25) is 0 Å². The van der Waals surface area contributed by atoms with Crippen molar-refractivity contribution in [2.24, 2.45) is 5.92 Å². The Hall–Kier alpha value is -1.29. The summed E-state index contributed by atoms with van der Waals surface area (Å²) >= 11 is 0. The first kappa shape index (κ1) is 11.2. The van der Waals surface area contributed by atoms with Crippen LogP contribution in [0.15, 0.2) is 18.3 Å². The molecule has 1 atom stereocenters. The quantitative estimate of drug-likeness (QED) is 0.834. The second kappa shape index (κ2) is 5.16. The van der Waals surface area contributed by atoms with E-state index in [1.807, 2.05) is 19.1 Å². The monoisotopic (exact) mass is 222 g/mol. The zero-order chi connectivity index (χ0) is 11.4. The third kappa shape index (κ3) is 2.27. The number of pyridine rings is 1. The molecule has 0 radical (unpaired) electrons. The van der Waals surface area contributed by atoms with Gasteiger partial charge < -0.3 is 14.7 Å². The molecule has 0 amide bonds. The molecule has 1 aromatic heterocycles. The van der Waals surface area contributed by atoms with Crippen molar-refractivity contribution in [3.8, 4) is 5.75 Å². The highest BCUT2D eigenvalue weighted by molar-refractivity contribution is 5.52. The van der Waals surface area contributed by atoms with E-state index < -0.39 is 0 Å². The van der Waals surface area contributed by atoms with Crippen LogP contribution in [0.25, 0.3) is 0 Å². The molecule has 4 heteroatoms. The third-order valence-corrected chi connectivity index (χ3v) is 2.89. The highest BCUT2D eigenvalue weighted by atomic mass is 16.5. The molecular formula is C12H18N2O2. The molecule has 1 unspecified atom stereocenters. The highest BCUT2D eigenvalue weighted by Gasteiger charge is 2.24. The van der Waals surface area contributed by atoms with Crippen LogP contribution in [0, 0.1) is 5.92 Å². The Morgan fingerprint density at radius 3 is 3.19 bits per heavy atom. The van der Waals surface area contributed by atoms with Crippen molar-refractivity contribution in [2.75, 3.05) is 31.2 Å². The van der Waals surface area contributed by atoms with Gasteiger partial charge in [0.25, 0.3) is 0 Å². The summed E-state index contributed by atoms with van der Waals surface area (Å²) in [5.74, 6) is 2.11. The summed E-state index contributed by atoms with van der Waals surface area (Å²) in [6.45, 7) is 4.69. The predicted octanol–water partition coefficient (Wildman–Crippen LogP) is 1.30. The van der Waals surface area contributed by atoms with Crippen LogP contribution in [0.3, 0.4) is 0 Å². The van der Waals surface area contributed by atoms with Crippen LogP contribution in [0.4, 0.5) is 5.82 Å². The molecule has 1 aromatic rings. The molecule has 1 N–H and O–H groups in total. The van der Waals surface area contributed by atoms with Crippen LogP contribution in [0.2, 0.25) is 0 Å². The van der Waals surface area contributed by atoms with Gasteiger partial charge in [0, 0.05) is 31.8 Å². The summed E-state index contributed by atoms with van der Waals surface area (Å²) in [6.07, 6.45) is 2.81. The fraction of sp³-hybridized carbons (Fsp3) is 0.583. The van der Waals surface area contributed by atoms with Crippen molar-refractivity contribution in [3.05, 3.63) is 18.3 Å². The Bertz CT molecular complexity index is 344. The minimum Gasteiger partial charge on any atom is -0.490 e. The van der Waals surface area contributed by atoms with E-state index in [0.717, 1.165) is 31.1 Å². The van der Waals surface area contributed by atoms with E-state index >= 15 is 0 Å². The fourth-order valence-electron chi connectivity index (χ4n) is 2.06. The van der Waals surface area contributed by atoms with E-state index in [0.29, 0.717) is 12.5 Å². The largest absolute Gasteiger partial charge is 0.490 e. The zero-order valence-electron chi connectivity index (χ0n) is 9.59. The van der Waals surface area contributed by atoms with Crippen LogP contribution in [0.5, 0.6) is 5.75 Å². The van der Waals surface area contributed by atoms with Crippen molar-refractivity contribution >= 4 is 5.82 Å². The maximum atomic E-state index is 9.13. The number of rotatable bonds is 4. The maximum Gasteiger partial charge on any atom is 0.171 e. The summed E-state index contributed by atoms with van der Waals surface area (Å²) in [5, 5.41) is 9.13. The number of hydrogen-bond acceptors (Lipinski definition) is 4. The van der Waals surface area contributed by atoms with E-state index in [1.165, 1.54) is 0 Å². The summed E-state index contributed by atoms with van der Waals surface area (Å²) in [6, 6.07) is 3.83. The second-order valence-corrected chi connectivity index (χ2v) is 4.04. The third-order valence-electron chi connectivity index (χ3n) is 2.89. The van der Waals surface area contributed by atoms with Crippen LogP contribution < -0.4 is 9.64 Å². The molecule has 0 spiro atoms. The van der Waals surface area contributed by atoms with Gasteiger partial charge in [0.15, 0.2) is 11.6 Å². The molecule has 1 aliphatic heterocycles. The van der Waals surface area contributed by atoms with E-state index in [9.17, 15) is 0 Å². The zero-order valence-corrected chi connectivity index (χ0v) is 9.59. The number of nitrogens with zero attached hydrogens (tertiary/aromatic N) is 2. The molecule has 1 fully saturated rings. The number of aliphatic hydroxyl groups is 1. The molecule has 0 aromatic carbocycles. The molecule has 2 heterocycles. The van der Waals surface area contributed by atoms with Crippen molar-refractivity contribution in [1.82, 2.24) is 4.98 Å². The summed E-state index contributed by atoms with van der Waals surface area (Å²) in [7, 11) is 0. The number of ether oxygens (including phenoxy) is 1. The van der Waals surface area contributed by atoms with Gasteiger partial charge in [-0.05, 0) is 25.5 Å². The van der Waals surface area contributed by atoms with Crippen molar-refractivity contribution < 1.29 is 9.84 Å². The van der Waals surface area contributed by atoms with Crippen LogP contribution in [0.1, 0.15) is 13.3 Å². The van der Waals surface area contributed by atoms with Crippen molar-refractivity contribution in [2.45, 2.75) is 13.3 Å². The molecule has 16 heavy (non-hydrogen) atoms. The van der Waals surface area contributed by atoms with Gasteiger partial charge in [-0.1, -0.05) is 0 Å². The molecule has 4 nitrogen and oxygen atoms in total. The topological polar surface area (TPSA) is 45.6 Å². The lowest BCUT2D eigenvalue weighted by Gasteiger charge is -2.19. The number of hydrogen-bond donors (Lipinski definition) is 1. The lowest BCUT2D eigenvalue weighted by molar-refractivity contribution is 0.238. The Morgan fingerprint density at radius 1 is 1.62 bits per heavy atom. The van der Waals surface area contributed by atoms with E-state index in [1.54, 1.807) is 6.20 Å². The van der Waals surface area contributed by atoms with Gasteiger partial charge in [-0.15, -0.1) is 0 Å². The van der Waals surface area contributed by atoms with Gasteiger partial charge in [-0.25, -0.2) is 4.98 Å². The number of anilines is 1. The van der Waals surface area contributed by atoms with Crippen molar-refractivity contribution in [3.63, 3.8) is 0 Å². The molecule has 1 saturated heterocycles. The second-order valence-electron chi connectivity index (χ2n) is 4.04. The SMILES string of the molecule is CCOc1cccnc1N1CCC(CO)C1. The van der Waals surface area contributed by atoms with Crippen LogP contribution in [-0.2, 0) is 0 Å². The molecule has 1 aliphatic rings. The Labute approximate surface area is 95.9 Å². The average molecular weight is 222 g/mol. The van der Waals surface area contributed by atoms with Crippen LogP contribution >= 0.6 is 0 Å². The lowest BCUT2D eigenvalue weighted by Crippen LogP contribution is -2.22. The average Bonchev–Trinajstić information content (AvgIpc) is 2.79. The summed E-state index contributed by atoms with van der Waals surface area (Å²) in [4.78, 5) is 6.55. The standard InChI is InChI=1S/C12H18N2O2/c1-2-16-11-4-3-6-13-12(11)14-7-5-10(8-14)9-15/h3-4,6,10,15H,2,5,7-9H2,1H3. The Balaban J connectivity index is 2.14. The first-order valence-electron chi connectivity index (χ1n) is 5.78. The minimum absolute atomic E-state index is 0.257. The smallest absolute Gasteiger partial charge is 0.171 e. The van der Waals surface area contributed by atoms with Crippen LogP contribution in [-0.4, -0.2) is 36.4 Å². The molecule has 0 aliphatic carbocycles. The summed E-state index contributed by atoms with van der Waals surface area (Å²) < 4.78 is 5.55. The van der Waals surface area contributed by atoms with Gasteiger partial charge >= 0.3 is 0 Å². The normalized spacial score (nSPS) is 20.1. The predicted molar refractivity (Wildman–Crippen MR) is 62.8 cm³/mol.